The van der Waals surface area contributed by atoms with Crippen molar-refractivity contribution in [3.05, 3.63) is 64.7 Å². The van der Waals surface area contributed by atoms with Crippen molar-refractivity contribution in [3.8, 4) is 0 Å². The molecule has 18 heavy (non-hydrogen) atoms. The Kier molecular flexibility index (Phi) is 2.80. The summed E-state index contributed by atoms with van der Waals surface area (Å²) in [7, 11) is 0. The molecule has 0 fully saturated rings. The number of para-hydroxylation sites is 1. The Balaban J connectivity index is 2.01. The van der Waals surface area contributed by atoms with Crippen molar-refractivity contribution in [2.75, 3.05) is 4.90 Å². The van der Waals surface area contributed by atoms with Gasteiger partial charge in [-0.25, -0.2) is 0 Å². The van der Waals surface area contributed by atoms with Gasteiger partial charge >= 0.3 is 0 Å². The molecule has 0 spiro atoms. The summed E-state index contributed by atoms with van der Waals surface area (Å²) >= 11 is 6.21. The molecule has 0 unspecified atom stereocenters. The molecule has 1 N–H and O–H groups in total. The Labute approximate surface area is 111 Å². The molecule has 2 aromatic rings. The summed E-state index contributed by atoms with van der Waals surface area (Å²) in [6.45, 7) is 0.721. The minimum Gasteiger partial charge on any atom is -0.324 e. The molecule has 3 rings (SSSR count). The lowest BCUT2D eigenvalue weighted by Gasteiger charge is -2.31. The molecule has 2 aromatic carbocycles. The molecule has 3 heteroatoms. The van der Waals surface area contributed by atoms with E-state index in [9.17, 15) is 0 Å². The first-order valence-electron chi connectivity index (χ1n) is 5.92. The zero-order chi connectivity index (χ0) is 12.5. The summed E-state index contributed by atoms with van der Waals surface area (Å²) in [5.41, 5.74) is 3.43. The average molecular weight is 257 g/mol. The fourth-order valence-corrected chi connectivity index (χ4v) is 2.56. The second-order valence-electron chi connectivity index (χ2n) is 4.43. The quantitative estimate of drug-likeness (QED) is 0.824. The monoisotopic (exact) mass is 256 g/mol. The van der Waals surface area contributed by atoms with Gasteiger partial charge in [-0.3, -0.25) is 5.41 Å². The fraction of sp³-hybridized carbons (Fsp3) is 0.133. The van der Waals surface area contributed by atoms with Crippen LogP contribution in [0.1, 0.15) is 11.1 Å². The molecule has 0 bridgehead atoms. The molecule has 0 amide bonds. The lowest BCUT2D eigenvalue weighted by Crippen LogP contribution is -2.35. The van der Waals surface area contributed by atoms with E-state index in [4.69, 9.17) is 17.0 Å². The van der Waals surface area contributed by atoms with E-state index in [1.165, 1.54) is 11.1 Å². The Morgan fingerprint density at radius 1 is 0.944 bits per heavy atom. The van der Waals surface area contributed by atoms with Crippen molar-refractivity contribution in [2.24, 2.45) is 0 Å². The van der Waals surface area contributed by atoms with Gasteiger partial charge in [0.05, 0.1) is 10.7 Å². The van der Waals surface area contributed by atoms with Crippen molar-refractivity contribution in [1.82, 2.24) is 0 Å². The molecule has 2 nitrogen and oxygen atoms in total. The highest BCUT2D eigenvalue weighted by Gasteiger charge is 2.22. The largest absolute Gasteiger partial charge is 0.324 e. The summed E-state index contributed by atoms with van der Waals surface area (Å²) < 4.78 is 0. The molecule has 0 aromatic heterocycles. The first-order valence-corrected chi connectivity index (χ1v) is 6.30. The molecular formula is C15H13ClN2. The van der Waals surface area contributed by atoms with Crippen molar-refractivity contribution in [2.45, 2.75) is 13.0 Å². The normalized spacial score (nSPS) is 14.5. The molecule has 0 radical (unpaired) electrons. The Morgan fingerprint density at radius 3 is 2.39 bits per heavy atom. The Hall–Kier alpha value is -1.80. The summed E-state index contributed by atoms with van der Waals surface area (Å²) in [4.78, 5) is 1.98. The zero-order valence-electron chi connectivity index (χ0n) is 9.86. The minimum absolute atomic E-state index is 0.599. The van der Waals surface area contributed by atoms with Gasteiger partial charge in [0.2, 0.25) is 0 Å². The van der Waals surface area contributed by atoms with E-state index in [1.54, 1.807) is 0 Å². The van der Waals surface area contributed by atoms with Gasteiger partial charge in [-0.15, -0.1) is 0 Å². The van der Waals surface area contributed by atoms with E-state index in [0.717, 1.165) is 12.2 Å². The van der Waals surface area contributed by atoms with Crippen molar-refractivity contribution < 1.29 is 0 Å². The number of nitrogens with zero attached hydrogens (tertiary/aromatic N) is 1. The summed E-state index contributed by atoms with van der Waals surface area (Å²) in [5.74, 6) is 0.599. The molecule has 0 atom stereocenters. The molecule has 0 aliphatic carbocycles. The molecule has 1 aliphatic rings. The smallest absolute Gasteiger partial charge is 0.105 e. The maximum Gasteiger partial charge on any atom is 0.105 e. The number of halogens is 1. The predicted octanol–water partition coefficient (Wildman–Crippen LogP) is 3.88. The number of benzene rings is 2. The number of anilines is 1. The van der Waals surface area contributed by atoms with E-state index in [0.29, 0.717) is 17.3 Å². The SMILES string of the molecule is N=C1Cc2ccccc2CN1c1ccccc1Cl. The second-order valence-corrected chi connectivity index (χ2v) is 4.84. The number of fused-ring (bicyclic) bond motifs is 1. The van der Waals surface area contributed by atoms with Crippen LogP contribution in [0.25, 0.3) is 0 Å². The van der Waals surface area contributed by atoms with Gasteiger partial charge in [-0.1, -0.05) is 48.0 Å². The summed E-state index contributed by atoms with van der Waals surface area (Å²) in [5, 5.41) is 8.87. The zero-order valence-corrected chi connectivity index (χ0v) is 10.6. The third-order valence-electron chi connectivity index (χ3n) is 3.27. The van der Waals surface area contributed by atoms with Crippen molar-refractivity contribution in [3.63, 3.8) is 0 Å². The topological polar surface area (TPSA) is 27.1 Å². The van der Waals surface area contributed by atoms with E-state index in [2.05, 4.69) is 12.1 Å². The highest BCUT2D eigenvalue weighted by atomic mass is 35.5. The predicted molar refractivity (Wildman–Crippen MR) is 75.5 cm³/mol. The minimum atomic E-state index is 0.599. The van der Waals surface area contributed by atoms with Crippen LogP contribution in [0, 0.1) is 5.41 Å². The highest BCUT2D eigenvalue weighted by molar-refractivity contribution is 6.33. The van der Waals surface area contributed by atoms with Gasteiger partial charge < -0.3 is 4.90 Å². The number of amidine groups is 1. The molecular weight excluding hydrogens is 244 g/mol. The van der Waals surface area contributed by atoms with Crippen molar-refractivity contribution in [1.29, 1.82) is 5.41 Å². The van der Waals surface area contributed by atoms with Gasteiger partial charge in [0.15, 0.2) is 0 Å². The number of nitrogens with one attached hydrogen (secondary N) is 1. The highest BCUT2D eigenvalue weighted by Crippen LogP contribution is 2.30. The maximum atomic E-state index is 8.18. The van der Waals surface area contributed by atoms with Crippen LogP contribution in [0.15, 0.2) is 48.5 Å². The molecule has 0 saturated carbocycles. The summed E-state index contributed by atoms with van der Waals surface area (Å²) in [6, 6.07) is 16.0. The second kappa shape index (κ2) is 4.46. The van der Waals surface area contributed by atoms with Crippen LogP contribution in [0.2, 0.25) is 5.02 Å². The molecule has 90 valence electrons. The third-order valence-corrected chi connectivity index (χ3v) is 3.59. The first-order chi connectivity index (χ1) is 8.75. The number of hydrogen-bond acceptors (Lipinski definition) is 1. The Bertz CT molecular complexity index is 607. The van der Waals surface area contributed by atoms with Gasteiger partial charge in [0, 0.05) is 13.0 Å². The van der Waals surface area contributed by atoms with E-state index >= 15 is 0 Å². The van der Waals surface area contributed by atoms with Gasteiger partial charge in [0.25, 0.3) is 0 Å². The van der Waals surface area contributed by atoms with Crippen LogP contribution >= 0.6 is 11.6 Å². The van der Waals surface area contributed by atoms with Crippen LogP contribution < -0.4 is 4.90 Å². The van der Waals surface area contributed by atoms with Crippen LogP contribution in [0.3, 0.4) is 0 Å². The van der Waals surface area contributed by atoms with E-state index in [-0.39, 0.29) is 0 Å². The Morgan fingerprint density at radius 2 is 1.61 bits per heavy atom. The van der Waals surface area contributed by atoms with Crippen molar-refractivity contribution >= 4 is 23.1 Å². The molecule has 1 aliphatic heterocycles. The maximum absolute atomic E-state index is 8.18. The standard InChI is InChI=1S/C15H13ClN2/c16-13-7-3-4-8-14(13)18-10-12-6-2-1-5-11(12)9-15(18)17/h1-8,17H,9-10H2. The van der Waals surface area contributed by atoms with Crippen LogP contribution in [-0.2, 0) is 13.0 Å². The summed E-state index contributed by atoms with van der Waals surface area (Å²) in [6.07, 6.45) is 0.668. The van der Waals surface area contributed by atoms with Gasteiger partial charge in [0.1, 0.15) is 5.84 Å². The lowest BCUT2D eigenvalue weighted by atomic mass is 9.98. The van der Waals surface area contributed by atoms with Crippen LogP contribution in [0.5, 0.6) is 0 Å². The van der Waals surface area contributed by atoms with E-state index in [1.807, 2.05) is 41.3 Å². The van der Waals surface area contributed by atoms with Crippen LogP contribution in [-0.4, -0.2) is 5.84 Å². The number of rotatable bonds is 1. The average Bonchev–Trinajstić information content (AvgIpc) is 2.39. The first kappa shape index (κ1) is 11.3. The molecule has 1 heterocycles. The molecule has 0 saturated heterocycles. The van der Waals surface area contributed by atoms with E-state index < -0.39 is 0 Å². The van der Waals surface area contributed by atoms with Crippen LogP contribution in [0.4, 0.5) is 5.69 Å². The number of hydrogen-bond donors (Lipinski definition) is 1. The third kappa shape index (κ3) is 1.89. The van der Waals surface area contributed by atoms with Gasteiger partial charge in [-0.05, 0) is 23.3 Å². The van der Waals surface area contributed by atoms with Gasteiger partial charge in [-0.2, -0.15) is 0 Å². The fourth-order valence-electron chi connectivity index (χ4n) is 2.33. The lowest BCUT2D eigenvalue weighted by molar-refractivity contribution is 0.917.